The van der Waals surface area contributed by atoms with Gasteiger partial charge in [-0.05, 0) is 20.8 Å². The van der Waals surface area contributed by atoms with Crippen molar-refractivity contribution < 1.29 is 0 Å². The molecule has 0 spiro atoms. The lowest BCUT2D eigenvalue weighted by atomic mass is 10.0. The fraction of sp³-hybridized carbons (Fsp3) is 1.00. The van der Waals surface area contributed by atoms with E-state index in [4.69, 9.17) is 7.98 Å². The molecule has 2 radical (unpaired) electrons. The van der Waals surface area contributed by atoms with Crippen LogP contribution in [0.15, 0.2) is 0 Å². The standard InChI is InChI=1S/C7H14BIN2/c1-5-4-10(8)6(2)7(3)11(5)9/h5-7H,4H2,1-3H3. The number of nitrogens with zero attached hydrogens (tertiary/aromatic N) is 2. The summed E-state index contributed by atoms with van der Waals surface area (Å²) >= 11 is 2.39. The fourth-order valence-electron chi connectivity index (χ4n) is 1.43. The minimum Gasteiger partial charge on any atom is -0.349 e. The minimum absolute atomic E-state index is 0.461. The van der Waals surface area contributed by atoms with Crippen LogP contribution in [0.5, 0.6) is 0 Å². The van der Waals surface area contributed by atoms with E-state index in [1.54, 1.807) is 0 Å². The Hall–Kier alpha value is 0.715. The van der Waals surface area contributed by atoms with Gasteiger partial charge in [-0.3, -0.25) is 0 Å². The van der Waals surface area contributed by atoms with Crippen LogP contribution in [-0.4, -0.2) is 40.6 Å². The molecule has 62 valence electrons. The predicted molar refractivity (Wildman–Crippen MR) is 56.7 cm³/mol. The van der Waals surface area contributed by atoms with Crippen molar-refractivity contribution in [3.05, 3.63) is 0 Å². The SMILES string of the molecule is [B]N1CC(C)N(I)C(C)C1C. The van der Waals surface area contributed by atoms with E-state index in [1.165, 1.54) is 0 Å². The second-order valence-corrected chi connectivity index (χ2v) is 4.49. The molecule has 3 unspecified atom stereocenters. The number of piperazine rings is 1. The van der Waals surface area contributed by atoms with Gasteiger partial charge in [-0.1, -0.05) is 0 Å². The van der Waals surface area contributed by atoms with Crippen molar-refractivity contribution in [3.8, 4) is 0 Å². The normalized spacial score (nSPS) is 42.7. The molecule has 1 fully saturated rings. The Labute approximate surface area is 84.2 Å². The van der Waals surface area contributed by atoms with Crippen LogP contribution in [0.25, 0.3) is 0 Å². The Bertz CT molecular complexity index is 130. The van der Waals surface area contributed by atoms with Crippen LogP contribution in [0.3, 0.4) is 0 Å². The smallest absolute Gasteiger partial charge is 0.183 e. The van der Waals surface area contributed by atoms with Gasteiger partial charge >= 0.3 is 0 Å². The average Bonchev–Trinajstić information content (AvgIpc) is 1.97. The van der Waals surface area contributed by atoms with Gasteiger partial charge in [0.15, 0.2) is 7.98 Å². The summed E-state index contributed by atoms with van der Waals surface area (Å²) in [4.78, 5) is 1.94. The Morgan fingerprint density at radius 3 is 2.36 bits per heavy atom. The summed E-state index contributed by atoms with van der Waals surface area (Å²) in [5.74, 6) is 0. The van der Waals surface area contributed by atoms with Gasteiger partial charge in [0.2, 0.25) is 0 Å². The highest BCUT2D eigenvalue weighted by atomic mass is 127. The second kappa shape index (κ2) is 3.62. The van der Waals surface area contributed by atoms with E-state index in [2.05, 4.69) is 46.7 Å². The highest BCUT2D eigenvalue weighted by molar-refractivity contribution is 14.1. The van der Waals surface area contributed by atoms with E-state index < -0.39 is 0 Å². The van der Waals surface area contributed by atoms with Crippen molar-refractivity contribution in [2.45, 2.75) is 38.9 Å². The second-order valence-electron chi connectivity index (χ2n) is 3.37. The molecule has 0 aromatic carbocycles. The summed E-state index contributed by atoms with van der Waals surface area (Å²) in [6.07, 6.45) is 0. The third kappa shape index (κ3) is 1.90. The first-order valence-corrected chi connectivity index (χ1v) is 4.96. The van der Waals surface area contributed by atoms with Crippen molar-refractivity contribution in [2.75, 3.05) is 6.54 Å². The van der Waals surface area contributed by atoms with Gasteiger partial charge < -0.3 is 4.81 Å². The van der Waals surface area contributed by atoms with Gasteiger partial charge in [0, 0.05) is 47.5 Å². The van der Waals surface area contributed by atoms with E-state index in [9.17, 15) is 0 Å². The zero-order chi connectivity index (χ0) is 8.59. The third-order valence-corrected chi connectivity index (χ3v) is 4.34. The molecule has 0 aromatic rings. The molecule has 1 rings (SSSR count). The van der Waals surface area contributed by atoms with Crippen molar-refractivity contribution in [2.24, 2.45) is 0 Å². The summed E-state index contributed by atoms with van der Waals surface area (Å²) in [5, 5.41) is 0. The molecule has 0 bridgehead atoms. The molecule has 2 nitrogen and oxygen atoms in total. The summed E-state index contributed by atoms with van der Waals surface area (Å²) < 4.78 is 2.35. The minimum atomic E-state index is 0.461. The molecule has 0 N–H and O–H groups in total. The molecule has 1 heterocycles. The van der Waals surface area contributed by atoms with E-state index in [0.717, 1.165) is 6.54 Å². The average molecular weight is 264 g/mol. The van der Waals surface area contributed by atoms with Gasteiger partial charge in [0.05, 0.1) is 0 Å². The van der Waals surface area contributed by atoms with E-state index in [-0.39, 0.29) is 0 Å². The fourth-order valence-corrected chi connectivity index (χ4v) is 2.08. The largest absolute Gasteiger partial charge is 0.349 e. The third-order valence-electron chi connectivity index (χ3n) is 2.51. The lowest BCUT2D eigenvalue weighted by Gasteiger charge is -2.44. The van der Waals surface area contributed by atoms with Crippen LogP contribution < -0.4 is 0 Å². The lowest BCUT2D eigenvalue weighted by Crippen LogP contribution is -2.56. The number of hydrogen-bond acceptors (Lipinski definition) is 2. The summed E-state index contributed by atoms with van der Waals surface area (Å²) in [6, 6.07) is 1.57. The Morgan fingerprint density at radius 2 is 1.82 bits per heavy atom. The van der Waals surface area contributed by atoms with Crippen molar-refractivity contribution in [1.82, 2.24) is 7.92 Å². The summed E-state index contributed by atoms with van der Waals surface area (Å²) in [6.45, 7) is 7.55. The molecule has 1 aliphatic rings. The van der Waals surface area contributed by atoms with Crippen LogP contribution >= 0.6 is 22.9 Å². The lowest BCUT2D eigenvalue weighted by molar-refractivity contribution is 0.138. The number of hydrogen-bond donors (Lipinski definition) is 0. The Kier molecular flexibility index (Phi) is 3.22. The molecule has 0 saturated carbocycles. The molecule has 4 heteroatoms. The van der Waals surface area contributed by atoms with Gasteiger partial charge in [-0.15, -0.1) is 0 Å². The topological polar surface area (TPSA) is 6.48 Å². The van der Waals surface area contributed by atoms with Crippen molar-refractivity contribution in [3.63, 3.8) is 0 Å². The first-order chi connectivity index (χ1) is 5.04. The van der Waals surface area contributed by atoms with Crippen molar-refractivity contribution >= 4 is 30.8 Å². The predicted octanol–water partition coefficient (Wildman–Crippen LogP) is 1.20. The first kappa shape index (κ1) is 9.80. The maximum absolute atomic E-state index is 5.82. The van der Waals surface area contributed by atoms with Crippen LogP contribution in [0.4, 0.5) is 0 Å². The van der Waals surface area contributed by atoms with Gasteiger partial charge in [-0.2, -0.15) is 0 Å². The quantitative estimate of drug-likeness (QED) is 0.368. The van der Waals surface area contributed by atoms with Crippen LogP contribution in [0, 0.1) is 0 Å². The van der Waals surface area contributed by atoms with Crippen LogP contribution in [-0.2, 0) is 0 Å². The van der Waals surface area contributed by atoms with Crippen LogP contribution in [0.2, 0.25) is 0 Å². The first-order valence-electron chi connectivity index (χ1n) is 3.99. The number of halogens is 1. The highest BCUT2D eigenvalue weighted by Crippen LogP contribution is 2.22. The molecule has 1 aliphatic heterocycles. The summed E-state index contributed by atoms with van der Waals surface area (Å²) in [7, 11) is 5.82. The molecule has 0 aromatic heterocycles. The van der Waals surface area contributed by atoms with E-state index in [0.29, 0.717) is 18.1 Å². The summed E-state index contributed by atoms with van der Waals surface area (Å²) in [5.41, 5.74) is 0. The molecule has 1 saturated heterocycles. The Morgan fingerprint density at radius 1 is 1.27 bits per heavy atom. The van der Waals surface area contributed by atoms with Gasteiger partial charge in [0.1, 0.15) is 0 Å². The molecule has 0 aliphatic carbocycles. The van der Waals surface area contributed by atoms with E-state index >= 15 is 0 Å². The molecule has 0 amide bonds. The molecular weight excluding hydrogens is 250 g/mol. The van der Waals surface area contributed by atoms with Crippen LogP contribution in [0.1, 0.15) is 20.8 Å². The van der Waals surface area contributed by atoms with Gasteiger partial charge in [0.25, 0.3) is 0 Å². The van der Waals surface area contributed by atoms with Gasteiger partial charge in [-0.25, -0.2) is 3.11 Å². The van der Waals surface area contributed by atoms with E-state index in [1.807, 2.05) is 4.81 Å². The monoisotopic (exact) mass is 264 g/mol. The number of rotatable bonds is 0. The Balaban J connectivity index is 2.63. The highest BCUT2D eigenvalue weighted by Gasteiger charge is 2.30. The maximum atomic E-state index is 5.82. The maximum Gasteiger partial charge on any atom is 0.183 e. The molecular formula is C7H14BIN2. The molecule has 11 heavy (non-hydrogen) atoms. The van der Waals surface area contributed by atoms with Crippen molar-refractivity contribution in [1.29, 1.82) is 0 Å². The zero-order valence-electron chi connectivity index (χ0n) is 7.29. The zero-order valence-corrected chi connectivity index (χ0v) is 9.45. The molecule has 3 atom stereocenters.